The lowest BCUT2D eigenvalue weighted by molar-refractivity contribution is 0.548. The Hall–Kier alpha value is -1.56. The van der Waals surface area contributed by atoms with Crippen LogP contribution < -0.4 is 5.73 Å². The number of nitrogens with two attached hydrogens (primary N) is 1. The minimum absolute atomic E-state index is 0.221. The summed E-state index contributed by atoms with van der Waals surface area (Å²) < 4.78 is 0. The molecule has 0 amide bonds. The molecule has 2 N–H and O–H groups in total. The highest BCUT2D eigenvalue weighted by atomic mass is 32.1. The largest absolute Gasteiger partial charge is 0.375 e. The molecule has 1 heterocycles. The SMILES string of the molecule is C/C(=N\N(C)C(N)=S)c1ccncn1. The predicted octanol–water partition coefficient (Wildman–Crippen LogP) is 0.376. The van der Waals surface area contributed by atoms with E-state index in [0.29, 0.717) is 0 Å². The van der Waals surface area contributed by atoms with Gasteiger partial charge in [0.05, 0.1) is 11.4 Å². The molecule has 0 bridgehead atoms. The summed E-state index contributed by atoms with van der Waals surface area (Å²) in [5.74, 6) is 0. The van der Waals surface area contributed by atoms with E-state index >= 15 is 0 Å². The summed E-state index contributed by atoms with van der Waals surface area (Å²) in [7, 11) is 1.69. The van der Waals surface area contributed by atoms with Crippen molar-refractivity contribution in [3.05, 3.63) is 24.3 Å². The zero-order valence-corrected chi connectivity index (χ0v) is 8.82. The Kier molecular flexibility index (Phi) is 3.47. The summed E-state index contributed by atoms with van der Waals surface area (Å²) >= 11 is 4.75. The molecule has 0 saturated heterocycles. The van der Waals surface area contributed by atoms with E-state index in [-0.39, 0.29) is 5.11 Å². The Morgan fingerprint density at radius 2 is 2.36 bits per heavy atom. The zero-order chi connectivity index (χ0) is 10.6. The second-order valence-electron chi connectivity index (χ2n) is 2.64. The lowest BCUT2D eigenvalue weighted by atomic mass is 10.3. The Morgan fingerprint density at radius 1 is 1.64 bits per heavy atom. The van der Waals surface area contributed by atoms with Crippen LogP contribution in [-0.4, -0.2) is 32.8 Å². The van der Waals surface area contributed by atoms with Gasteiger partial charge in [-0.15, -0.1) is 0 Å². The van der Waals surface area contributed by atoms with Gasteiger partial charge in [0, 0.05) is 13.2 Å². The lowest BCUT2D eigenvalue weighted by Gasteiger charge is -2.10. The first kappa shape index (κ1) is 10.5. The molecular formula is C8H11N5S. The molecule has 1 rings (SSSR count). The van der Waals surface area contributed by atoms with Gasteiger partial charge in [-0.2, -0.15) is 5.10 Å². The summed E-state index contributed by atoms with van der Waals surface area (Å²) in [6.45, 7) is 1.83. The highest BCUT2D eigenvalue weighted by Gasteiger charge is 2.01. The van der Waals surface area contributed by atoms with Crippen molar-refractivity contribution in [3.63, 3.8) is 0 Å². The third-order valence-electron chi connectivity index (χ3n) is 1.57. The third kappa shape index (κ3) is 2.74. The molecule has 0 aliphatic heterocycles. The van der Waals surface area contributed by atoms with Crippen LogP contribution in [0.15, 0.2) is 23.7 Å². The fourth-order valence-corrected chi connectivity index (χ4v) is 0.871. The van der Waals surface area contributed by atoms with Crippen molar-refractivity contribution in [1.82, 2.24) is 15.0 Å². The van der Waals surface area contributed by atoms with Crippen molar-refractivity contribution in [2.75, 3.05) is 7.05 Å². The average Bonchev–Trinajstić information content (AvgIpc) is 2.19. The number of thiocarbonyl (C=S) groups is 1. The summed E-state index contributed by atoms with van der Waals surface area (Å²) in [6.07, 6.45) is 3.12. The summed E-state index contributed by atoms with van der Waals surface area (Å²) in [5, 5.41) is 5.78. The highest BCUT2D eigenvalue weighted by molar-refractivity contribution is 7.80. The summed E-state index contributed by atoms with van der Waals surface area (Å²) in [4.78, 5) is 7.85. The monoisotopic (exact) mass is 209 g/mol. The van der Waals surface area contributed by atoms with E-state index in [0.717, 1.165) is 11.4 Å². The van der Waals surface area contributed by atoms with Crippen LogP contribution in [0.25, 0.3) is 0 Å². The first-order valence-electron chi connectivity index (χ1n) is 3.96. The molecule has 0 aromatic carbocycles. The van der Waals surface area contributed by atoms with Crippen LogP contribution in [0, 0.1) is 0 Å². The number of hydrogen-bond donors (Lipinski definition) is 1. The van der Waals surface area contributed by atoms with E-state index in [1.54, 1.807) is 19.3 Å². The van der Waals surface area contributed by atoms with Gasteiger partial charge in [-0.05, 0) is 25.2 Å². The van der Waals surface area contributed by atoms with Gasteiger partial charge < -0.3 is 5.73 Å². The Labute approximate surface area is 87.7 Å². The van der Waals surface area contributed by atoms with E-state index in [9.17, 15) is 0 Å². The van der Waals surface area contributed by atoms with Gasteiger partial charge in [-0.1, -0.05) is 0 Å². The maximum atomic E-state index is 5.38. The molecule has 0 saturated carbocycles. The van der Waals surface area contributed by atoms with Crippen molar-refractivity contribution >= 4 is 23.0 Å². The average molecular weight is 209 g/mol. The van der Waals surface area contributed by atoms with Crippen molar-refractivity contribution in [2.24, 2.45) is 10.8 Å². The maximum absolute atomic E-state index is 5.38. The van der Waals surface area contributed by atoms with E-state index in [1.807, 2.05) is 6.92 Å². The van der Waals surface area contributed by atoms with Crippen LogP contribution in [0.2, 0.25) is 0 Å². The predicted molar refractivity (Wildman–Crippen MR) is 58.8 cm³/mol. The molecule has 0 radical (unpaired) electrons. The van der Waals surface area contributed by atoms with Crippen LogP contribution >= 0.6 is 12.2 Å². The molecule has 74 valence electrons. The Balaban J connectivity index is 2.85. The van der Waals surface area contributed by atoms with Crippen LogP contribution in [0.4, 0.5) is 0 Å². The van der Waals surface area contributed by atoms with Crippen LogP contribution in [-0.2, 0) is 0 Å². The molecule has 0 aliphatic rings. The van der Waals surface area contributed by atoms with Crippen molar-refractivity contribution < 1.29 is 0 Å². The van der Waals surface area contributed by atoms with Gasteiger partial charge in [0.2, 0.25) is 0 Å². The summed E-state index contributed by atoms with van der Waals surface area (Å²) in [5.41, 5.74) is 6.87. The molecule has 1 aromatic heterocycles. The van der Waals surface area contributed by atoms with Gasteiger partial charge in [0.1, 0.15) is 6.33 Å². The van der Waals surface area contributed by atoms with E-state index in [1.165, 1.54) is 11.3 Å². The van der Waals surface area contributed by atoms with Crippen molar-refractivity contribution in [2.45, 2.75) is 6.92 Å². The van der Waals surface area contributed by atoms with E-state index < -0.39 is 0 Å². The minimum Gasteiger partial charge on any atom is -0.375 e. The molecular weight excluding hydrogens is 198 g/mol. The van der Waals surface area contributed by atoms with Crippen LogP contribution in [0.3, 0.4) is 0 Å². The quantitative estimate of drug-likeness (QED) is 0.433. The molecule has 6 heteroatoms. The van der Waals surface area contributed by atoms with Gasteiger partial charge in [0.25, 0.3) is 0 Å². The number of nitrogens with zero attached hydrogens (tertiary/aromatic N) is 4. The van der Waals surface area contributed by atoms with Crippen molar-refractivity contribution in [3.8, 4) is 0 Å². The maximum Gasteiger partial charge on any atom is 0.186 e. The second kappa shape index (κ2) is 4.61. The topological polar surface area (TPSA) is 67.4 Å². The first-order chi connectivity index (χ1) is 6.61. The standard InChI is InChI=1S/C8H11N5S/c1-6(12-13(2)8(9)14)7-3-4-10-5-11-7/h3-5H,1-2H3,(H2,9,14)/b12-6+. The van der Waals surface area contributed by atoms with Crippen LogP contribution in [0.5, 0.6) is 0 Å². The number of hydrazone groups is 1. The van der Waals surface area contributed by atoms with Gasteiger partial charge in [-0.3, -0.25) is 0 Å². The minimum atomic E-state index is 0.221. The van der Waals surface area contributed by atoms with Gasteiger partial charge in [0.15, 0.2) is 5.11 Å². The molecule has 0 fully saturated rings. The Morgan fingerprint density at radius 3 is 2.86 bits per heavy atom. The molecule has 14 heavy (non-hydrogen) atoms. The second-order valence-corrected chi connectivity index (χ2v) is 3.06. The molecule has 0 spiro atoms. The number of aromatic nitrogens is 2. The fourth-order valence-electron chi connectivity index (χ4n) is 0.830. The molecule has 0 unspecified atom stereocenters. The van der Waals surface area contributed by atoms with Crippen molar-refractivity contribution in [1.29, 1.82) is 0 Å². The number of hydrogen-bond acceptors (Lipinski definition) is 4. The van der Waals surface area contributed by atoms with E-state index in [2.05, 4.69) is 15.1 Å². The normalized spacial score (nSPS) is 11.1. The summed E-state index contributed by atoms with van der Waals surface area (Å²) in [6, 6.07) is 1.77. The molecule has 5 nitrogen and oxygen atoms in total. The van der Waals surface area contributed by atoms with Gasteiger partial charge >= 0.3 is 0 Å². The number of rotatable bonds is 2. The zero-order valence-electron chi connectivity index (χ0n) is 8.01. The van der Waals surface area contributed by atoms with Crippen LogP contribution in [0.1, 0.15) is 12.6 Å². The Bertz CT molecular complexity index is 348. The first-order valence-corrected chi connectivity index (χ1v) is 4.37. The third-order valence-corrected chi connectivity index (χ3v) is 1.84. The molecule has 0 aliphatic carbocycles. The van der Waals surface area contributed by atoms with Gasteiger partial charge in [-0.25, -0.2) is 15.0 Å². The lowest BCUT2D eigenvalue weighted by Crippen LogP contribution is -2.28. The highest BCUT2D eigenvalue weighted by Crippen LogP contribution is 1.96. The van der Waals surface area contributed by atoms with E-state index in [4.69, 9.17) is 18.0 Å². The molecule has 0 atom stereocenters. The fraction of sp³-hybridized carbons (Fsp3) is 0.250. The smallest absolute Gasteiger partial charge is 0.186 e. The molecule has 1 aromatic rings.